The quantitative estimate of drug-likeness (QED) is 0.565. The maximum absolute atomic E-state index is 10.5. The fraction of sp³-hybridized carbons (Fsp3) is 0.833. The van der Waals surface area contributed by atoms with Crippen molar-refractivity contribution < 1.29 is 4.79 Å². The lowest BCUT2D eigenvalue weighted by Gasteiger charge is -2.03. The van der Waals surface area contributed by atoms with Gasteiger partial charge in [-0.25, -0.2) is 0 Å². The van der Waals surface area contributed by atoms with Gasteiger partial charge in [0.25, 0.3) is 0 Å². The minimum absolute atomic E-state index is 0.000139. The van der Waals surface area contributed by atoms with E-state index in [0.717, 1.165) is 0 Å². The highest BCUT2D eigenvalue weighted by Gasteiger charge is 2.08. The van der Waals surface area contributed by atoms with Gasteiger partial charge in [-0.2, -0.15) is 4.91 Å². The molecule has 10 heavy (non-hydrogen) atoms. The van der Waals surface area contributed by atoms with E-state index in [2.05, 4.69) is 10.5 Å². The molecule has 0 amide bonds. The highest BCUT2D eigenvalue weighted by atomic mass is 16.3. The van der Waals surface area contributed by atoms with Crippen LogP contribution in [0.15, 0.2) is 5.18 Å². The first-order valence-corrected chi connectivity index (χ1v) is 3.17. The molecular weight excluding hydrogens is 132 g/mol. The van der Waals surface area contributed by atoms with Crippen LogP contribution in [0.1, 0.15) is 13.3 Å². The number of nitrogens with one attached hydrogen (secondary N) is 1. The van der Waals surface area contributed by atoms with Crippen molar-refractivity contribution in [3.05, 3.63) is 4.91 Å². The second-order valence-corrected chi connectivity index (χ2v) is 2.22. The molecule has 0 aliphatic heterocycles. The summed E-state index contributed by atoms with van der Waals surface area (Å²) in [5, 5.41) is 5.56. The number of carbonyl (C=O) groups excluding carboxylic acids is 1. The topological polar surface area (TPSA) is 58.5 Å². The summed E-state index contributed by atoms with van der Waals surface area (Å²) in [5.41, 5.74) is 0. The molecule has 0 fully saturated rings. The van der Waals surface area contributed by atoms with Crippen molar-refractivity contribution >= 4 is 5.78 Å². The molecule has 0 bridgehead atoms. The first-order valence-electron chi connectivity index (χ1n) is 3.17. The Morgan fingerprint density at radius 2 is 2.30 bits per heavy atom. The van der Waals surface area contributed by atoms with Crippen LogP contribution in [-0.4, -0.2) is 25.4 Å². The van der Waals surface area contributed by atoms with Gasteiger partial charge in [0.2, 0.25) is 0 Å². The average Bonchev–Trinajstić information content (AvgIpc) is 1.86. The minimum Gasteiger partial charge on any atom is -0.317 e. The molecule has 0 aliphatic carbocycles. The molecule has 0 heterocycles. The van der Waals surface area contributed by atoms with Crippen molar-refractivity contribution in [3.8, 4) is 0 Å². The first kappa shape index (κ1) is 9.23. The maximum atomic E-state index is 10.5. The van der Waals surface area contributed by atoms with Gasteiger partial charge < -0.3 is 5.32 Å². The predicted octanol–water partition coefficient (Wildman–Crippen LogP) is 0.320. The third-order valence-corrected chi connectivity index (χ3v) is 1.11. The van der Waals surface area contributed by atoms with Crippen LogP contribution >= 0.6 is 0 Å². The standard InChI is InChI=1S/C6H12N2O2/c1-5(9)3-6(8-10)4-7-2/h6-7H,3-4H2,1-2H3. The van der Waals surface area contributed by atoms with Crippen LogP contribution in [0.3, 0.4) is 0 Å². The van der Waals surface area contributed by atoms with Crippen LogP contribution in [-0.2, 0) is 4.79 Å². The molecule has 58 valence electrons. The molecule has 0 rings (SSSR count). The number of rotatable bonds is 5. The van der Waals surface area contributed by atoms with Gasteiger partial charge in [0.05, 0.1) is 0 Å². The number of hydrogen-bond acceptors (Lipinski definition) is 4. The average molecular weight is 144 g/mol. The van der Waals surface area contributed by atoms with Crippen molar-refractivity contribution in [1.82, 2.24) is 5.32 Å². The number of likely N-dealkylation sites (N-methyl/N-ethyl adjacent to an activating group) is 1. The van der Waals surface area contributed by atoms with Crippen LogP contribution in [0.4, 0.5) is 0 Å². The van der Waals surface area contributed by atoms with Crippen molar-refractivity contribution in [2.45, 2.75) is 19.4 Å². The molecule has 0 spiro atoms. The molecule has 0 aromatic carbocycles. The summed E-state index contributed by atoms with van der Waals surface area (Å²) in [6, 6.07) is -0.400. The summed E-state index contributed by atoms with van der Waals surface area (Å²) in [5.74, 6) is -0.000139. The number of carbonyl (C=O) groups is 1. The Morgan fingerprint density at radius 1 is 1.70 bits per heavy atom. The summed E-state index contributed by atoms with van der Waals surface area (Å²) in [7, 11) is 1.72. The first-order chi connectivity index (χ1) is 4.70. The van der Waals surface area contributed by atoms with E-state index in [1.165, 1.54) is 6.92 Å². The van der Waals surface area contributed by atoms with Gasteiger partial charge in [-0.1, -0.05) is 5.18 Å². The number of nitrogens with zero attached hydrogens (tertiary/aromatic N) is 1. The molecule has 0 aromatic heterocycles. The minimum atomic E-state index is -0.400. The van der Waals surface area contributed by atoms with E-state index >= 15 is 0 Å². The van der Waals surface area contributed by atoms with Gasteiger partial charge in [0.15, 0.2) is 0 Å². The fourth-order valence-electron chi connectivity index (χ4n) is 0.714. The normalized spacial score (nSPS) is 12.6. The lowest BCUT2D eigenvalue weighted by molar-refractivity contribution is -0.117. The van der Waals surface area contributed by atoms with Gasteiger partial charge in [0, 0.05) is 13.0 Å². The Kier molecular flexibility index (Phi) is 4.66. The maximum Gasteiger partial charge on any atom is 0.132 e. The number of hydrogen-bond donors (Lipinski definition) is 1. The number of ketones is 1. The Bertz CT molecular complexity index is 125. The molecule has 1 N–H and O–H groups in total. The zero-order valence-corrected chi connectivity index (χ0v) is 6.26. The molecule has 0 saturated heterocycles. The zero-order chi connectivity index (χ0) is 7.98. The molecule has 0 aromatic rings. The summed E-state index contributed by atoms with van der Waals surface area (Å²) < 4.78 is 0. The third kappa shape index (κ3) is 4.14. The third-order valence-electron chi connectivity index (χ3n) is 1.11. The van der Waals surface area contributed by atoms with Gasteiger partial charge >= 0.3 is 0 Å². The SMILES string of the molecule is CNCC(CC(C)=O)N=O. The summed E-state index contributed by atoms with van der Waals surface area (Å²) in [6.07, 6.45) is 0.240. The van der Waals surface area contributed by atoms with E-state index < -0.39 is 6.04 Å². The molecule has 0 saturated carbocycles. The zero-order valence-electron chi connectivity index (χ0n) is 6.26. The van der Waals surface area contributed by atoms with Crippen LogP contribution in [0, 0.1) is 4.91 Å². The number of Topliss-reactive ketones (excluding diaryl/α,β-unsaturated/α-hetero) is 1. The van der Waals surface area contributed by atoms with E-state index in [1.807, 2.05) is 0 Å². The van der Waals surface area contributed by atoms with Crippen molar-refractivity contribution in [2.24, 2.45) is 5.18 Å². The van der Waals surface area contributed by atoms with E-state index in [1.54, 1.807) is 7.05 Å². The Morgan fingerprint density at radius 3 is 2.60 bits per heavy atom. The predicted molar refractivity (Wildman–Crippen MR) is 38.8 cm³/mol. The fourth-order valence-corrected chi connectivity index (χ4v) is 0.714. The Balaban J connectivity index is 3.59. The molecule has 0 radical (unpaired) electrons. The summed E-state index contributed by atoms with van der Waals surface area (Å²) in [6.45, 7) is 1.93. The van der Waals surface area contributed by atoms with Gasteiger partial charge in [-0.15, -0.1) is 0 Å². The van der Waals surface area contributed by atoms with Crippen LogP contribution in [0.25, 0.3) is 0 Å². The van der Waals surface area contributed by atoms with E-state index in [4.69, 9.17) is 0 Å². The van der Waals surface area contributed by atoms with Crippen molar-refractivity contribution in [3.63, 3.8) is 0 Å². The summed E-state index contributed by atoms with van der Waals surface area (Å²) in [4.78, 5) is 20.4. The second-order valence-electron chi connectivity index (χ2n) is 2.22. The van der Waals surface area contributed by atoms with E-state index in [0.29, 0.717) is 6.54 Å². The monoisotopic (exact) mass is 144 g/mol. The molecule has 1 atom stereocenters. The highest BCUT2D eigenvalue weighted by Crippen LogP contribution is 1.95. The second kappa shape index (κ2) is 5.05. The van der Waals surface area contributed by atoms with Crippen LogP contribution in [0.5, 0.6) is 0 Å². The lowest BCUT2D eigenvalue weighted by atomic mass is 10.2. The van der Waals surface area contributed by atoms with Gasteiger partial charge in [-0.3, -0.25) is 4.79 Å². The lowest BCUT2D eigenvalue weighted by Crippen LogP contribution is -2.23. The molecular formula is C6H12N2O2. The number of nitroso groups, excluding NO2 is 1. The molecule has 4 heteroatoms. The molecule has 4 nitrogen and oxygen atoms in total. The highest BCUT2D eigenvalue weighted by molar-refractivity contribution is 5.76. The van der Waals surface area contributed by atoms with Gasteiger partial charge in [-0.05, 0) is 14.0 Å². The van der Waals surface area contributed by atoms with E-state index in [-0.39, 0.29) is 12.2 Å². The smallest absolute Gasteiger partial charge is 0.132 e. The largest absolute Gasteiger partial charge is 0.317 e. The Hall–Kier alpha value is -0.770. The van der Waals surface area contributed by atoms with Crippen molar-refractivity contribution in [2.75, 3.05) is 13.6 Å². The Labute approximate surface area is 60.0 Å². The van der Waals surface area contributed by atoms with E-state index in [9.17, 15) is 9.70 Å². The molecule has 1 unspecified atom stereocenters. The van der Waals surface area contributed by atoms with Gasteiger partial charge in [0.1, 0.15) is 11.8 Å². The van der Waals surface area contributed by atoms with Crippen LogP contribution < -0.4 is 5.32 Å². The molecule has 0 aliphatic rings. The summed E-state index contributed by atoms with van der Waals surface area (Å²) >= 11 is 0. The van der Waals surface area contributed by atoms with Crippen LogP contribution in [0.2, 0.25) is 0 Å². The van der Waals surface area contributed by atoms with Crippen molar-refractivity contribution in [1.29, 1.82) is 0 Å².